The van der Waals surface area contributed by atoms with Gasteiger partial charge in [-0.1, -0.05) is 26.3 Å². The van der Waals surface area contributed by atoms with E-state index in [-0.39, 0.29) is 48.7 Å². The summed E-state index contributed by atoms with van der Waals surface area (Å²) in [5.41, 5.74) is 0.976. The number of amides is 1. The Balaban J connectivity index is 2.13. The quantitative estimate of drug-likeness (QED) is 0.107. The van der Waals surface area contributed by atoms with Gasteiger partial charge in [0.1, 0.15) is 29.3 Å². The van der Waals surface area contributed by atoms with E-state index in [2.05, 4.69) is 11.9 Å². The molecule has 238 valence electrons. The van der Waals surface area contributed by atoms with Crippen LogP contribution in [0, 0.1) is 18.3 Å². The summed E-state index contributed by atoms with van der Waals surface area (Å²) in [6.45, 7) is 12.8. The van der Waals surface area contributed by atoms with Gasteiger partial charge in [-0.2, -0.15) is 0 Å². The van der Waals surface area contributed by atoms with Gasteiger partial charge in [-0.3, -0.25) is 4.79 Å². The summed E-state index contributed by atoms with van der Waals surface area (Å²) in [4.78, 5) is 24.9. The average molecular weight is 596 g/mol. The first kappa shape index (κ1) is 35.5. The first-order chi connectivity index (χ1) is 19.5. The van der Waals surface area contributed by atoms with Crippen molar-refractivity contribution in [2.24, 2.45) is 11.3 Å². The normalized spacial score (nSPS) is 23.0. The molecule has 0 aromatic heterocycles. The van der Waals surface area contributed by atoms with Crippen molar-refractivity contribution in [3.63, 3.8) is 0 Å². The third-order valence-corrected chi connectivity index (χ3v) is 8.53. The van der Waals surface area contributed by atoms with Crippen molar-refractivity contribution in [2.45, 2.75) is 110 Å². The topological polar surface area (TPSA) is 175 Å². The molecule has 1 unspecified atom stereocenters. The fourth-order valence-corrected chi connectivity index (χ4v) is 5.25. The van der Waals surface area contributed by atoms with E-state index in [0.29, 0.717) is 24.0 Å². The predicted molar refractivity (Wildman–Crippen MR) is 156 cm³/mol. The Hall–Kier alpha value is -2.70. The van der Waals surface area contributed by atoms with Crippen LogP contribution in [0.25, 0.3) is 0 Å². The zero-order valence-corrected chi connectivity index (χ0v) is 25.8. The fraction of sp³-hybridized carbons (Fsp3) is 0.677. The highest BCUT2D eigenvalue weighted by atomic mass is 16.6. The number of ether oxygens (including phenoxy) is 3. The molecule has 11 nitrogen and oxygen atoms in total. The van der Waals surface area contributed by atoms with E-state index in [1.54, 1.807) is 6.92 Å². The summed E-state index contributed by atoms with van der Waals surface area (Å²) >= 11 is 0. The largest absolute Gasteiger partial charge is 0.508 e. The number of nitrogens with one attached hydrogen (secondary N) is 1. The molecule has 1 aromatic carbocycles. The van der Waals surface area contributed by atoms with Crippen LogP contribution in [-0.2, 0) is 25.4 Å². The zero-order valence-electron chi connectivity index (χ0n) is 25.8. The van der Waals surface area contributed by atoms with Crippen LogP contribution in [0.15, 0.2) is 18.2 Å². The number of aliphatic hydroxyl groups excluding tert-OH is 3. The van der Waals surface area contributed by atoms with Gasteiger partial charge in [-0.05, 0) is 56.6 Å². The highest BCUT2D eigenvalue weighted by Crippen LogP contribution is 2.40. The van der Waals surface area contributed by atoms with E-state index in [1.165, 1.54) is 14.2 Å². The molecule has 11 heteroatoms. The highest BCUT2D eigenvalue weighted by molar-refractivity contribution is 5.95. The first-order valence-corrected chi connectivity index (χ1v) is 14.3. The van der Waals surface area contributed by atoms with E-state index >= 15 is 0 Å². The number of carbonyl (C=O) groups is 2. The van der Waals surface area contributed by atoms with Gasteiger partial charge in [0.05, 0.1) is 25.4 Å². The van der Waals surface area contributed by atoms with Crippen LogP contribution < -0.4 is 5.32 Å². The Morgan fingerprint density at radius 1 is 1.19 bits per heavy atom. The standard InChI is InChI=1S/C31H49NO10/c1-16(2)9-12-20(33)28(38)32-29(40-7)24-15-25(37)31(5,6)26(42-24)14-21(34)17(3)10-11-19-18(4)22(35)13-23(36)27(19)30(39)41-8/h13,17,20-21,24-26,29,33-37H,1,9-12,14-15H2,2-8H3,(H,32,38)/t17-,20-,21-,24-,25?,26+,29+/m0/s1. The van der Waals surface area contributed by atoms with Gasteiger partial charge >= 0.3 is 5.97 Å². The Bertz CT molecular complexity index is 1100. The lowest BCUT2D eigenvalue weighted by atomic mass is 9.73. The molecule has 1 aliphatic rings. The van der Waals surface area contributed by atoms with Crippen LogP contribution >= 0.6 is 0 Å². The SMILES string of the molecule is C=C(C)CC[C@H](O)C(=O)N[C@H](OC)[C@@H]1CC(O)C(C)(C)[C@@H](C[C@H](O)[C@@H](C)CCc2c(C)c(O)cc(O)c2C(=O)OC)O1. The molecule has 7 atom stereocenters. The number of aromatic hydroxyl groups is 2. The number of hydrogen-bond acceptors (Lipinski definition) is 10. The second-order valence-corrected chi connectivity index (χ2v) is 12.1. The van der Waals surface area contributed by atoms with Gasteiger partial charge in [0.15, 0.2) is 6.23 Å². The van der Waals surface area contributed by atoms with Crippen molar-refractivity contribution in [2.75, 3.05) is 14.2 Å². The summed E-state index contributed by atoms with van der Waals surface area (Å²) in [6.07, 6.45) is -3.48. The van der Waals surface area contributed by atoms with Gasteiger partial charge in [0.2, 0.25) is 0 Å². The van der Waals surface area contributed by atoms with Crippen LogP contribution in [0.4, 0.5) is 0 Å². The van der Waals surface area contributed by atoms with Crippen molar-refractivity contribution in [1.82, 2.24) is 5.32 Å². The van der Waals surface area contributed by atoms with Crippen LogP contribution in [0.2, 0.25) is 0 Å². The van der Waals surface area contributed by atoms with E-state index in [9.17, 15) is 35.1 Å². The molecule has 0 aliphatic carbocycles. The Kier molecular flexibility index (Phi) is 12.8. The second-order valence-electron chi connectivity index (χ2n) is 12.1. The molecular weight excluding hydrogens is 546 g/mol. The molecule has 0 radical (unpaired) electrons. The molecule has 1 saturated heterocycles. The summed E-state index contributed by atoms with van der Waals surface area (Å²) < 4.78 is 16.6. The molecule has 1 aromatic rings. The van der Waals surface area contributed by atoms with Crippen molar-refractivity contribution in [1.29, 1.82) is 0 Å². The molecule has 2 rings (SSSR count). The molecule has 1 amide bonds. The highest BCUT2D eigenvalue weighted by Gasteiger charge is 2.47. The monoisotopic (exact) mass is 595 g/mol. The van der Waals surface area contributed by atoms with Gasteiger partial charge < -0.3 is 45.1 Å². The van der Waals surface area contributed by atoms with Crippen LogP contribution in [0.3, 0.4) is 0 Å². The summed E-state index contributed by atoms with van der Waals surface area (Å²) in [5.74, 6) is -2.16. The molecule has 1 heterocycles. The third-order valence-electron chi connectivity index (χ3n) is 8.53. The molecule has 0 spiro atoms. The van der Waals surface area contributed by atoms with Gasteiger partial charge in [-0.25, -0.2) is 4.79 Å². The lowest BCUT2D eigenvalue weighted by Gasteiger charge is -2.48. The van der Waals surface area contributed by atoms with Crippen molar-refractivity contribution < 1.29 is 49.3 Å². The van der Waals surface area contributed by atoms with Gasteiger partial charge in [-0.15, -0.1) is 6.58 Å². The summed E-state index contributed by atoms with van der Waals surface area (Å²) in [7, 11) is 2.61. The van der Waals surface area contributed by atoms with Crippen molar-refractivity contribution >= 4 is 11.9 Å². The molecular formula is C31H49NO10. The summed E-state index contributed by atoms with van der Waals surface area (Å²) in [5, 5.41) is 55.6. The van der Waals surface area contributed by atoms with Crippen LogP contribution in [-0.4, -0.2) is 88.4 Å². The maximum absolute atomic E-state index is 12.6. The van der Waals surface area contributed by atoms with Gasteiger partial charge in [0.25, 0.3) is 5.91 Å². The number of aliphatic hydroxyl groups is 3. The molecule has 1 fully saturated rings. The number of allylic oxidation sites excluding steroid dienone is 1. The first-order valence-electron chi connectivity index (χ1n) is 14.3. The summed E-state index contributed by atoms with van der Waals surface area (Å²) in [6, 6.07) is 1.10. The van der Waals surface area contributed by atoms with E-state index in [1.807, 2.05) is 27.7 Å². The van der Waals surface area contributed by atoms with E-state index in [0.717, 1.165) is 11.6 Å². The lowest BCUT2D eigenvalue weighted by Crippen LogP contribution is -2.58. The fourth-order valence-electron chi connectivity index (χ4n) is 5.25. The van der Waals surface area contributed by atoms with Crippen molar-refractivity contribution in [3.05, 3.63) is 34.9 Å². The lowest BCUT2D eigenvalue weighted by molar-refractivity contribution is -0.215. The number of methoxy groups -OCH3 is 2. The predicted octanol–water partition coefficient (Wildman–Crippen LogP) is 2.86. The smallest absolute Gasteiger partial charge is 0.341 e. The van der Waals surface area contributed by atoms with Crippen molar-refractivity contribution in [3.8, 4) is 11.5 Å². The Morgan fingerprint density at radius 3 is 2.40 bits per heavy atom. The van der Waals surface area contributed by atoms with Gasteiger partial charge in [0, 0.05) is 31.4 Å². The third kappa shape index (κ3) is 8.67. The average Bonchev–Trinajstić information content (AvgIpc) is 2.92. The maximum Gasteiger partial charge on any atom is 0.341 e. The Morgan fingerprint density at radius 2 is 1.83 bits per heavy atom. The minimum absolute atomic E-state index is 0.0189. The number of carbonyl (C=O) groups excluding carboxylic acids is 2. The number of hydrogen-bond donors (Lipinski definition) is 6. The molecule has 42 heavy (non-hydrogen) atoms. The zero-order chi connectivity index (χ0) is 31.9. The molecule has 0 bridgehead atoms. The molecule has 0 saturated carbocycles. The minimum atomic E-state index is -1.25. The number of benzene rings is 1. The number of phenolic OH excluding ortho intramolecular Hbond substituents is 2. The minimum Gasteiger partial charge on any atom is -0.508 e. The maximum atomic E-state index is 12.6. The Labute approximate surface area is 248 Å². The van der Waals surface area contributed by atoms with Crippen LogP contribution in [0.1, 0.15) is 81.3 Å². The number of rotatable bonds is 14. The molecule has 6 N–H and O–H groups in total. The second kappa shape index (κ2) is 15.2. The van der Waals surface area contributed by atoms with E-state index in [4.69, 9.17) is 14.2 Å². The van der Waals surface area contributed by atoms with Crippen LogP contribution in [0.5, 0.6) is 11.5 Å². The number of phenols is 2. The number of esters is 1. The molecule has 1 aliphatic heterocycles. The van der Waals surface area contributed by atoms with E-state index < -0.39 is 54.0 Å².